The topological polar surface area (TPSA) is 50.1 Å². The van der Waals surface area contributed by atoms with Crippen LogP contribution >= 0.6 is 0 Å². The average Bonchev–Trinajstić information content (AvgIpc) is 3.47. The molecule has 2 atom stereocenters. The number of aromatic nitrogens is 1. The van der Waals surface area contributed by atoms with Crippen molar-refractivity contribution in [2.75, 3.05) is 0 Å². The summed E-state index contributed by atoms with van der Waals surface area (Å²) in [6, 6.07) is 46.1. The van der Waals surface area contributed by atoms with Crippen LogP contribution in [0.1, 0.15) is 28.9 Å². The first-order valence-corrected chi connectivity index (χ1v) is 13.2. The number of rotatable bonds is 5. The number of oxazole rings is 1. The van der Waals surface area contributed by atoms with Gasteiger partial charge in [0, 0.05) is 11.3 Å². The molecule has 39 heavy (non-hydrogen) atoms. The largest absolute Gasteiger partial charge is 0.436 e. The highest BCUT2D eigenvalue weighted by molar-refractivity contribution is 5.76. The molecule has 0 fully saturated rings. The molecule has 6 aromatic rings. The van der Waals surface area contributed by atoms with Gasteiger partial charge < -0.3 is 9.73 Å². The lowest BCUT2D eigenvalue weighted by molar-refractivity contribution is 0.443. The van der Waals surface area contributed by atoms with Crippen molar-refractivity contribution in [3.8, 4) is 22.6 Å². The molecule has 0 aliphatic carbocycles. The van der Waals surface area contributed by atoms with Gasteiger partial charge in [-0.3, -0.25) is 5.32 Å². The monoisotopic (exact) mass is 505 g/mol. The first kappa shape index (κ1) is 23.2. The Labute approximate surface area is 227 Å². The molecule has 1 aromatic heterocycles. The highest BCUT2D eigenvalue weighted by Gasteiger charge is 2.25. The SMILES string of the molecule is C1=C(c2ccccc2)NC(c2cccc(-c3nc4ccccc4o3)c2)NC1c1cccc(-c2ccccc2)c1. The van der Waals surface area contributed by atoms with E-state index >= 15 is 0 Å². The number of nitrogens with one attached hydrogen (secondary N) is 2. The molecule has 0 spiro atoms. The van der Waals surface area contributed by atoms with Crippen molar-refractivity contribution in [3.05, 3.63) is 156 Å². The van der Waals surface area contributed by atoms with Gasteiger partial charge in [-0.05, 0) is 64.2 Å². The van der Waals surface area contributed by atoms with Gasteiger partial charge in [-0.1, -0.05) is 103 Å². The van der Waals surface area contributed by atoms with E-state index < -0.39 is 0 Å². The minimum Gasteiger partial charge on any atom is -0.436 e. The average molecular weight is 506 g/mol. The summed E-state index contributed by atoms with van der Waals surface area (Å²) >= 11 is 0. The summed E-state index contributed by atoms with van der Waals surface area (Å²) in [5.41, 5.74) is 9.60. The van der Waals surface area contributed by atoms with E-state index in [1.54, 1.807) is 0 Å². The third kappa shape index (κ3) is 4.74. The van der Waals surface area contributed by atoms with E-state index in [4.69, 9.17) is 9.40 Å². The fourth-order valence-corrected chi connectivity index (χ4v) is 5.20. The summed E-state index contributed by atoms with van der Waals surface area (Å²) in [5.74, 6) is 0.625. The highest BCUT2D eigenvalue weighted by atomic mass is 16.3. The molecule has 0 saturated heterocycles. The normalized spacial score (nSPS) is 17.0. The molecule has 1 aliphatic heterocycles. The summed E-state index contributed by atoms with van der Waals surface area (Å²) in [5, 5.41) is 7.57. The first-order valence-electron chi connectivity index (χ1n) is 13.2. The van der Waals surface area contributed by atoms with Crippen LogP contribution in [0.2, 0.25) is 0 Å². The molecule has 4 nitrogen and oxygen atoms in total. The van der Waals surface area contributed by atoms with Gasteiger partial charge in [0.2, 0.25) is 5.89 Å². The molecule has 2 unspecified atom stereocenters. The predicted octanol–water partition coefficient (Wildman–Crippen LogP) is 8.14. The van der Waals surface area contributed by atoms with E-state index in [2.05, 4.69) is 114 Å². The van der Waals surface area contributed by atoms with Crippen LogP contribution in [0.15, 0.2) is 144 Å². The zero-order valence-electron chi connectivity index (χ0n) is 21.3. The molecule has 0 radical (unpaired) electrons. The van der Waals surface area contributed by atoms with E-state index in [1.165, 1.54) is 16.7 Å². The van der Waals surface area contributed by atoms with Gasteiger partial charge in [0.05, 0.1) is 6.04 Å². The van der Waals surface area contributed by atoms with Crippen LogP contribution in [-0.4, -0.2) is 4.98 Å². The summed E-state index contributed by atoms with van der Waals surface area (Å²) in [4.78, 5) is 4.71. The molecule has 2 N–H and O–H groups in total. The Hall–Kier alpha value is -4.93. The van der Waals surface area contributed by atoms with Crippen molar-refractivity contribution in [1.82, 2.24) is 15.6 Å². The molecule has 0 saturated carbocycles. The Morgan fingerprint density at radius 2 is 1.21 bits per heavy atom. The van der Waals surface area contributed by atoms with Gasteiger partial charge >= 0.3 is 0 Å². The van der Waals surface area contributed by atoms with E-state index in [0.717, 1.165) is 33.5 Å². The maximum Gasteiger partial charge on any atom is 0.227 e. The third-order valence-corrected chi connectivity index (χ3v) is 7.18. The minimum atomic E-state index is -0.111. The Kier molecular flexibility index (Phi) is 6.00. The number of para-hydroxylation sites is 2. The van der Waals surface area contributed by atoms with Crippen molar-refractivity contribution in [2.45, 2.75) is 12.2 Å². The second-order valence-electron chi connectivity index (χ2n) is 9.77. The second kappa shape index (κ2) is 10.1. The van der Waals surface area contributed by atoms with Gasteiger partial charge in [-0.15, -0.1) is 0 Å². The van der Waals surface area contributed by atoms with E-state index in [1.807, 2.05) is 36.4 Å². The van der Waals surface area contributed by atoms with Crippen molar-refractivity contribution in [1.29, 1.82) is 0 Å². The van der Waals surface area contributed by atoms with Crippen molar-refractivity contribution in [3.63, 3.8) is 0 Å². The molecule has 0 amide bonds. The van der Waals surface area contributed by atoms with Gasteiger partial charge in [0.1, 0.15) is 11.7 Å². The van der Waals surface area contributed by atoms with Crippen LogP contribution in [0.4, 0.5) is 0 Å². The fourth-order valence-electron chi connectivity index (χ4n) is 5.20. The Balaban J connectivity index is 1.26. The highest BCUT2D eigenvalue weighted by Crippen LogP contribution is 2.33. The molecular formula is C35H27N3O. The number of fused-ring (bicyclic) bond motifs is 1. The van der Waals surface area contributed by atoms with Gasteiger partial charge in [0.25, 0.3) is 0 Å². The lowest BCUT2D eigenvalue weighted by Gasteiger charge is -2.33. The lowest BCUT2D eigenvalue weighted by Crippen LogP contribution is -2.39. The molecule has 7 rings (SSSR count). The molecule has 1 aliphatic rings. The maximum atomic E-state index is 6.07. The molecule has 0 bridgehead atoms. The Bertz CT molecular complexity index is 1740. The smallest absolute Gasteiger partial charge is 0.227 e. The van der Waals surface area contributed by atoms with Crippen LogP contribution in [-0.2, 0) is 0 Å². The second-order valence-corrected chi connectivity index (χ2v) is 9.77. The summed E-state index contributed by atoms with van der Waals surface area (Å²) < 4.78 is 6.07. The van der Waals surface area contributed by atoms with Gasteiger partial charge in [-0.25, -0.2) is 4.98 Å². The number of hydrogen-bond donors (Lipinski definition) is 2. The first-order chi connectivity index (χ1) is 19.3. The van der Waals surface area contributed by atoms with Crippen LogP contribution in [0.5, 0.6) is 0 Å². The lowest BCUT2D eigenvalue weighted by atomic mass is 9.95. The standard InChI is InChI=1S/C35H27N3O/c1-3-11-24(12-4-1)26-15-9-16-27(21-26)32-23-31(25-13-5-2-6-14-25)36-34(37-32)28-17-10-18-29(22-28)35-38-30-19-7-8-20-33(30)39-35/h1-23,32,34,36-37H. The van der Waals surface area contributed by atoms with Gasteiger partial charge in [-0.2, -0.15) is 0 Å². The number of nitrogens with zero attached hydrogens (tertiary/aromatic N) is 1. The van der Waals surface area contributed by atoms with Gasteiger partial charge in [0.15, 0.2) is 5.58 Å². The molecular weight excluding hydrogens is 478 g/mol. The maximum absolute atomic E-state index is 6.07. The van der Waals surface area contributed by atoms with Crippen LogP contribution in [0.3, 0.4) is 0 Å². The molecule has 4 heteroatoms. The predicted molar refractivity (Wildman–Crippen MR) is 157 cm³/mol. The zero-order chi connectivity index (χ0) is 26.0. The van der Waals surface area contributed by atoms with Crippen LogP contribution < -0.4 is 10.6 Å². The molecule has 188 valence electrons. The fraction of sp³-hybridized carbons (Fsp3) is 0.0571. The van der Waals surface area contributed by atoms with Crippen molar-refractivity contribution < 1.29 is 4.42 Å². The van der Waals surface area contributed by atoms with E-state index in [-0.39, 0.29) is 12.2 Å². The number of benzene rings is 5. The zero-order valence-corrected chi connectivity index (χ0v) is 21.3. The van der Waals surface area contributed by atoms with E-state index in [9.17, 15) is 0 Å². The van der Waals surface area contributed by atoms with Crippen LogP contribution in [0, 0.1) is 0 Å². The quantitative estimate of drug-likeness (QED) is 0.248. The number of hydrogen-bond acceptors (Lipinski definition) is 4. The molecule has 5 aromatic carbocycles. The molecule has 2 heterocycles. The third-order valence-electron chi connectivity index (χ3n) is 7.18. The van der Waals surface area contributed by atoms with E-state index in [0.29, 0.717) is 5.89 Å². The summed E-state index contributed by atoms with van der Waals surface area (Å²) in [7, 11) is 0. The van der Waals surface area contributed by atoms with Crippen molar-refractivity contribution >= 4 is 16.8 Å². The van der Waals surface area contributed by atoms with Crippen LogP contribution in [0.25, 0.3) is 39.4 Å². The Morgan fingerprint density at radius 1 is 0.564 bits per heavy atom. The van der Waals surface area contributed by atoms with Crippen molar-refractivity contribution in [2.24, 2.45) is 0 Å². The Morgan fingerprint density at radius 3 is 2.00 bits per heavy atom. The summed E-state index contributed by atoms with van der Waals surface area (Å²) in [6.07, 6.45) is 2.17. The minimum absolute atomic E-state index is 0.0168. The summed E-state index contributed by atoms with van der Waals surface area (Å²) in [6.45, 7) is 0.